The van der Waals surface area contributed by atoms with Crippen LogP contribution in [0.15, 0.2) is 0 Å². The Morgan fingerprint density at radius 3 is 2.40 bits per heavy atom. The predicted molar refractivity (Wildman–Crippen MR) is 26.1 cm³/mol. The van der Waals surface area contributed by atoms with Crippen molar-refractivity contribution in [3.8, 4) is 0 Å². The average molecular weight is 157 g/mol. The molecule has 0 aliphatic heterocycles. The van der Waals surface area contributed by atoms with Crippen LogP contribution in [0.3, 0.4) is 0 Å². The van der Waals surface area contributed by atoms with Gasteiger partial charge in [-0.15, -0.1) is 0 Å². The fourth-order valence-electron chi connectivity index (χ4n) is 0.220. The van der Waals surface area contributed by atoms with Gasteiger partial charge in [0, 0.05) is 0 Å². The molecule has 0 unspecified atom stereocenters. The lowest BCUT2D eigenvalue weighted by Gasteiger charge is -2.04. The number of esters is 1. The highest BCUT2D eigenvalue weighted by atomic mass is 19.4. The summed E-state index contributed by atoms with van der Waals surface area (Å²) in [5.74, 6) is -2.18. The van der Waals surface area contributed by atoms with E-state index in [0.29, 0.717) is 0 Å². The largest absolute Gasteiger partial charge is 0.490 e. The topological polar surface area (TPSA) is 38.3 Å². The predicted octanol–water partition coefficient (Wildman–Crippen LogP) is 0.269. The third kappa shape index (κ3) is 3.29. The molecule has 0 aliphatic rings. The molecule has 0 aliphatic carbocycles. The molecular weight excluding hydrogens is 151 g/mol. The molecule has 0 bridgehead atoms. The summed E-state index contributed by atoms with van der Waals surface area (Å²) in [7, 11) is 1.36. The molecule has 1 N–H and O–H groups in total. The highest BCUT2D eigenvalue weighted by Crippen LogP contribution is 2.15. The highest BCUT2D eigenvalue weighted by molar-refractivity contribution is 5.75. The molecule has 0 saturated heterocycles. The van der Waals surface area contributed by atoms with E-state index in [1.165, 1.54) is 7.05 Å². The van der Waals surface area contributed by atoms with E-state index in [9.17, 15) is 18.0 Å². The van der Waals surface area contributed by atoms with Crippen LogP contribution >= 0.6 is 0 Å². The maximum atomic E-state index is 11.3. The van der Waals surface area contributed by atoms with Gasteiger partial charge in [-0.2, -0.15) is 13.2 Å². The summed E-state index contributed by atoms with van der Waals surface area (Å²) in [5, 5.41) is 2.23. The Hall–Kier alpha value is -0.780. The van der Waals surface area contributed by atoms with E-state index in [0.717, 1.165) is 0 Å². The first-order chi connectivity index (χ1) is 4.48. The number of carbonyl (C=O) groups excluding carboxylic acids is 1. The maximum Gasteiger partial charge on any atom is 0.490 e. The van der Waals surface area contributed by atoms with Gasteiger partial charge in [0.1, 0.15) is 6.73 Å². The van der Waals surface area contributed by atoms with Crippen LogP contribution in [0.1, 0.15) is 0 Å². The molecule has 6 heteroatoms. The molecule has 0 amide bonds. The minimum absolute atomic E-state index is 0.432. The zero-order valence-electron chi connectivity index (χ0n) is 5.16. The number of hydrogen-bond acceptors (Lipinski definition) is 3. The molecule has 3 nitrogen and oxygen atoms in total. The van der Waals surface area contributed by atoms with Crippen LogP contribution in [0, 0.1) is 0 Å². The van der Waals surface area contributed by atoms with E-state index in [2.05, 4.69) is 10.1 Å². The van der Waals surface area contributed by atoms with E-state index in [1.54, 1.807) is 0 Å². The number of nitrogens with one attached hydrogen (secondary N) is 1. The van der Waals surface area contributed by atoms with E-state index in [-0.39, 0.29) is 0 Å². The maximum absolute atomic E-state index is 11.3. The van der Waals surface area contributed by atoms with Crippen molar-refractivity contribution in [2.75, 3.05) is 13.8 Å². The van der Waals surface area contributed by atoms with Crippen molar-refractivity contribution >= 4 is 5.97 Å². The van der Waals surface area contributed by atoms with Crippen molar-refractivity contribution < 1.29 is 22.7 Å². The van der Waals surface area contributed by atoms with Gasteiger partial charge in [0.15, 0.2) is 0 Å². The first-order valence-electron chi connectivity index (χ1n) is 2.37. The number of hydrogen-bond donors (Lipinski definition) is 1. The summed E-state index contributed by atoms with van der Waals surface area (Å²) in [6.45, 7) is -0.432. The van der Waals surface area contributed by atoms with Crippen molar-refractivity contribution in [1.29, 1.82) is 0 Å². The van der Waals surface area contributed by atoms with Crippen LogP contribution in [0.25, 0.3) is 0 Å². The fraction of sp³-hybridized carbons (Fsp3) is 0.750. The average Bonchev–Trinajstić information content (AvgIpc) is 1.80. The quantitative estimate of drug-likeness (QED) is 0.461. The summed E-state index contributed by atoms with van der Waals surface area (Å²) in [5.41, 5.74) is 0. The van der Waals surface area contributed by atoms with Gasteiger partial charge >= 0.3 is 12.1 Å². The molecule has 0 saturated carbocycles. The summed E-state index contributed by atoms with van der Waals surface area (Å²) < 4.78 is 37.5. The van der Waals surface area contributed by atoms with Crippen LogP contribution < -0.4 is 5.32 Å². The molecule has 0 aromatic carbocycles. The zero-order chi connectivity index (χ0) is 8.20. The Balaban J connectivity index is 3.64. The lowest BCUT2D eigenvalue weighted by molar-refractivity contribution is -0.200. The van der Waals surface area contributed by atoms with Gasteiger partial charge in [0.2, 0.25) is 0 Å². The first-order valence-corrected chi connectivity index (χ1v) is 2.37. The number of ether oxygens (including phenoxy) is 1. The molecule has 0 fully saturated rings. The van der Waals surface area contributed by atoms with Gasteiger partial charge < -0.3 is 4.74 Å². The third-order valence-electron chi connectivity index (χ3n) is 0.579. The fourth-order valence-corrected chi connectivity index (χ4v) is 0.220. The molecule has 0 rings (SSSR count). The van der Waals surface area contributed by atoms with Crippen LogP contribution in [0.4, 0.5) is 13.2 Å². The van der Waals surface area contributed by atoms with Crippen LogP contribution in [0.2, 0.25) is 0 Å². The first kappa shape index (κ1) is 9.22. The summed E-state index contributed by atoms with van der Waals surface area (Å²) in [6.07, 6.45) is -4.89. The van der Waals surface area contributed by atoms with Crippen molar-refractivity contribution in [3.05, 3.63) is 0 Å². The normalized spacial score (nSPS) is 11.2. The second kappa shape index (κ2) is 3.40. The summed E-state index contributed by atoms with van der Waals surface area (Å²) in [4.78, 5) is 9.84. The Labute approximate surface area is 55.2 Å². The van der Waals surface area contributed by atoms with Gasteiger partial charge in [-0.1, -0.05) is 0 Å². The Bertz CT molecular complexity index is 122. The van der Waals surface area contributed by atoms with Crippen LogP contribution in [-0.4, -0.2) is 25.9 Å². The molecule has 60 valence electrons. The van der Waals surface area contributed by atoms with Gasteiger partial charge in [0.25, 0.3) is 0 Å². The van der Waals surface area contributed by atoms with Gasteiger partial charge in [-0.25, -0.2) is 4.79 Å². The van der Waals surface area contributed by atoms with Gasteiger partial charge in [-0.3, -0.25) is 5.32 Å². The molecule has 0 heterocycles. The molecule has 0 spiro atoms. The van der Waals surface area contributed by atoms with Crippen LogP contribution in [0.5, 0.6) is 0 Å². The Morgan fingerprint density at radius 1 is 1.60 bits per heavy atom. The van der Waals surface area contributed by atoms with Crippen molar-refractivity contribution in [2.24, 2.45) is 0 Å². The zero-order valence-corrected chi connectivity index (χ0v) is 5.16. The minimum Gasteiger partial charge on any atom is -0.443 e. The van der Waals surface area contributed by atoms with Crippen molar-refractivity contribution in [1.82, 2.24) is 5.32 Å². The number of rotatable bonds is 2. The minimum atomic E-state index is -4.89. The number of halogens is 3. The number of carbonyl (C=O) groups is 1. The Kier molecular flexibility index (Phi) is 3.14. The molecule has 0 radical (unpaired) electrons. The van der Waals surface area contributed by atoms with Crippen molar-refractivity contribution in [2.45, 2.75) is 6.18 Å². The lowest BCUT2D eigenvalue weighted by Crippen LogP contribution is -2.28. The second-order valence-corrected chi connectivity index (χ2v) is 1.43. The highest BCUT2D eigenvalue weighted by Gasteiger charge is 2.40. The molecule has 0 aromatic heterocycles. The van der Waals surface area contributed by atoms with Crippen molar-refractivity contribution in [3.63, 3.8) is 0 Å². The SMILES string of the molecule is CNCOC(=O)C(F)(F)F. The van der Waals surface area contributed by atoms with Gasteiger partial charge in [0.05, 0.1) is 0 Å². The van der Waals surface area contributed by atoms with E-state index >= 15 is 0 Å². The molecule has 0 aromatic rings. The monoisotopic (exact) mass is 157 g/mol. The molecular formula is C4H6F3NO2. The van der Waals surface area contributed by atoms with E-state index < -0.39 is 18.9 Å². The van der Waals surface area contributed by atoms with Crippen LogP contribution in [-0.2, 0) is 9.53 Å². The van der Waals surface area contributed by atoms with E-state index in [4.69, 9.17) is 0 Å². The van der Waals surface area contributed by atoms with Gasteiger partial charge in [-0.05, 0) is 7.05 Å². The van der Waals surface area contributed by atoms with E-state index in [1.807, 2.05) is 0 Å². The standard InChI is InChI=1S/C4H6F3NO2/c1-8-2-10-3(9)4(5,6)7/h8H,2H2,1H3. The number of alkyl halides is 3. The second-order valence-electron chi connectivity index (χ2n) is 1.43. The smallest absolute Gasteiger partial charge is 0.443 e. The molecule has 10 heavy (non-hydrogen) atoms. The summed E-state index contributed by atoms with van der Waals surface area (Å²) >= 11 is 0. The third-order valence-corrected chi connectivity index (χ3v) is 0.579. The summed E-state index contributed by atoms with van der Waals surface area (Å²) in [6, 6.07) is 0. The lowest BCUT2D eigenvalue weighted by atomic mass is 10.7. The molecule has 0 atom stereocenters. The Morgan fingerprint density at radius 2 is 2.10 bits per heavy atom.